The van der Waals surface area contributed by atoms with E-state index in [4.69, 9.17) is 18.9 Å². The number of methoxy groups -OCH3 is 3. The minimum Gasteiger partial charge on any atom is -0.507 e. The Morgan fingerprint density at radius 1 is 0.865 bits per heavy atom. The van der Waals surface area contributed by atoms with Crippen molar-refractivity contribution in [3.05, 3.63) is 89.0 Å². The third-order valence-corrected chi connectivity index (χ3v) is 6.19. The summed E-state index contributed by atoms with van der Waals surface area (Å²) < 4.78 is 21.5. The first kappa shape index (κ1) is 25.6. The fourth-order valence-corrected chi connectivity index (χ4v) is 4.41. The molecule has 1 N–H and O–H groups in total. The Hall–Kier alpha value is -4.46. The second-order valence-corrected chi connectivity index (χ2v) is 8.35. The number of benzene rings is 3. The minimum absolute atomic E-state index is 0.0108. The van der Waals surface area contributed by atoms with Gasteiger partial charge in [-0.25, -0.2) is 0 Å². The Labute approximate surface area is 215 Å². The Morgan fingerprint density at radius 3 is 2.24 bits per heavy atom. The summed E-state index contributed by atoms with van der Waals surface area (Å²) in [5.74, 6) is 0.382. The molecule has 1 aliphatic heterocycles. The van der Waals surface area contributed by atoms with Gasteiger partial charge in [0.05, 0.1) is 39.6 Å². The van der Waals surface area contributed by atoms with E-state index in [-0.39, 0.29) is 17.9 Å². The quantitative estimate of drug-likeness (QED) is 0.256. The molecular formula is C29H29NO7. The van der Waals surface area contributed by atoms with Crippen LogP contribution in [0.5, 0.6) is 23.0 Å². The van der Waals surface area contributed by atoms with Crippen molar-refractivity contribution in [3.8, 4) is 23.0 Å². The van der Waals surface area contributed by atoms with Gasteiger partial charge in [-0.2, -0.15) is 0 Å². The summed E-state index contributed by atoms with van der Waals surface area (Å²) in [5, 5.41) is 11.4. The number of hydrogen-bond donors (Lipinski definition) is 1. The van der Waals surface area contributed by atoms with Crippen LogP contribution in [-0.4, -0.2) is 49.6 Å². The lowest BCUT2D eigenvalue weighted by Crippen LogP contribution is -2.29. The molecule has 4 rings (SSSR count). The highest BCUT2D eigenvalue weighted by Crippen LogP contribution is 2.42. The van der Waals surface area contributed by atoms with Gasteiger partial charge in [-0.15, -0.1) is 0 Å². The molecule has 0 spiro atoms. The number of hydrogen-bond acceptors (Lipinski definition) is 7. The molecule has 1 unspecified atom stereocenters. The molecule has 8 nitrogen and oxygen atoms in total. The number of rotatable bonds is 9. The molecule has 1 amide bonds. The molecule has 0 saturated carbocycles. The number of ether oxygens (including phenoxy) is 4. The number of likely N-dealkylation sites (tertiary alicyclic amines) is 1. The predicted octanol–water partition coefficient (Wildman–Crippen LogP) is 4.73. The Balaban J connectivity index is 1.84. The number of carbonyl (C=O) groups is 2. The summed E-state index contributed by atoms with van der Waals surface area (Å²) >= 11 is 0. The summed E-state index contributed by atoms with van der Waals surface area (Å²) in [6.07, 6.45) is 0. The summed E-state index contributed by atoms with van der Waals surface area (Å²) in [6.45, 7) is 2.54. The van der Waals surface area contributed by atoms with Gasteiger partial charge in [0.1, 0.15) is 17.3 Å². The molecular weight excluding hydrogens is 474 g/mol. The van der Waals surface area contributed by atoms with Crippen LogP contribution in [-0.2, 0) is 16.1 Å². The van der Waals surface area contributed by atoms with Crippen LogP contribution < -0.4 is 18.9 Å². The maximum Gasteiger partial charge on any atom is 0.295 e. The Bertz CT molecular complexity index is 1330. The van der Waals surface area contributed by atoms with Gasteiger partial charge in [-0.05, 0) is 60.5 Å². The molecule has 1 saturated heterocycles. The first-order valence-electron chi connectivity index (χ1n) is 11.8. The van der Waals surface area contributed by atoms with Crippen LogP contribution in [0.3, 0.4) is 0 Å². The SMILES string of the molecule is CCOc1cccc(CN2C(=O)C(=O)/C(=C(\O)c3ccc(OC)c(OC)c3)C2c2ccc(OC)cc2)c1. The van der Waals surface area contributed by atoms with Gasteiger partial charge < -0.3 is 29.0 Å². The largest absolute Gasteiger partial charge is 0.507 e. The highest BCUT2D eigenvalue weighted by molar-refractivity contribution is 6.46. The second kappa shape index (κ2) is 11.1. The third kappa shape index (κ3) is 5.09. The average Bonchev–Trinajstić information content (AvgIpc) is 3.17. The fourth-order valence-electron chi connectivity index (χ4n) is 4.41. The maximum atomic E-state index is 13.4. The zero-order chi connectivity index (χ0) is 26.5. The highest BCUT2D eigenvalue weighted by Gasteiger charge is 2.46. The minimum atomic E-state index is -0.824. The van der Waals surface area contributed by atoms with Crippen LogP contribution in [0.15, 0.2) is 72.3 Å². The van der Waals surface area contributed by atoms with Crippen molar-refractivity contribution in [1.82, 2.24) is 4.90 Å². The Morgan fingerprint density at radius 2 is 1.59 bits per heavy atom. The van der Waals surface area contributed by atoms with E-state index in [0.29, 0.717) is 40.7 Å². The summed E-state index contributed by atoms with van der Waals surface area (Å²) in [6, 6.07) is 18.4. The summed E-state index contributed by atoms with van der Waals surface area (Å²) in [5.41, 5.74) is 1.76. The van der Waals surface area contributed by atoms with Crippen molar-refractivity contribution in [2.24, 2.45) is 0 Å². The molecule has 0 radical (unpaired) electrons. The second-order valence-electron chi connectivity index (χ2n) is 8.35. The van der Waals surface area contributed by atoms with Crippen molar-refractivity contribution in [1.29, 1.82) is 0 Å². The monoisotopic (exact) mass is 503 g/mol. The van der Waals surface area contributed by atoms with Crippen molar-refractivity contribution >= 4 is 17.4 Å². The molecule has 3 aromatic rings. The van der Waals surface area contributed by atoms with Crippen LogP contribution in [0.25, 0.3) is 5.76 Å². The van der Waals surface area contributed by atoms with Crippen molar-refractivity contribution in [2.75, 3.05) is 27.9 Å². The number of aliphatic hydroxyl groups excluding tert-OH is 1. The van der Waals surface area contributed by atoms with Gasteiger partial charge in [-0.3, -0.25) is 9.59 Å². The number of ketones is 1. The lowest BCUT2D eigenvalue weighted by atomic mass is 9.95. The van der Waals surface area contributed by atoms with E-state index in [1.807, 2.05) is 31.2 Å². The topological polar surface area (TPSA) is 94.5 Å². The van der Waals surface area contributed by atoms with Crippen LogP contribution >= 0.6 is 0 Å². The van der Waals surface area contributed by atoms with Crippen LogP contribution in [0.1, 0.15) is 29.7 Å². The van der Waals surface area contributed by atoms with Crippen LogP contribution in [0.4, 0.5) is 0 Å². The van der Waals surface area contributed by atoms with Gasteiger partial charge in [0.15, 0.2) is 11.5 Å². The molecule has 8 heteroatoms. The fraction of sp³-hybridized carbons (Fsp3) is 0.241. The van der Waals surface area contributed by atoms with Crippen molar-refractivity contribution < 1.29 is 33.6 Å². The molecule has 3 aromatic carbocycles. The van der Waals surface area contributed by atoms with Gasteiger partial charge in [-0.1, -0.05) is 24.3 Å². The first-order valence-corrected chi connectivity index (χ1v) is 11.8. The Kier molecular flexibility index (Phi) is 7.67. The van der Waals surface area contributed by atoms with Crippen molar-refractivity contribution in [3.63, 3.8) is 0 Å². The third-order valence-electron chi connectivity index (χ3n) is 6.19. The number of aliphatic hydroxyl groups is 1. The average molecular weight is 504 g/mol. The molecule has 0 bridgehead atoms. The number of Topliss-reactive ketones (excluding diaryl/α,β-unsaturated/α-hetero) is 1. The summed E-state index contributed by atoms with van der Waals surface area (Å²) in [7, 11) is 4.55. The zero-order valence-corrected chi connectivity index (χ0v) is 21.2. The molecule has 1 heterocycles. The molecule has 1 aliphatic rings. The summed E-state index contributed by atoms with van der Waals surface area (Å²) in [4.78, 5) is 28.1. The maximum absolute atomic E-state index is 13.4. The normalized spacial score (nSPS) is 16.5. The number of amides is 1. The molecule has 37 heavy (non-hydrogen) atoms. The van der Waals surface area contributed by atoms with Crippen molar-refractivity contribution in [2.45, 2.75) is 19.5 Å². The highest BCUT2D eigenvalue weighted by atomic mass is 16.5. The smallest absolute Gasteiger partial charge is 0.295 e. The van der Waals surface area contributed by atoms with E-state index in [0.717, 1.165) is 5.56 Å². The van der Waals surface area contributed by atoms with E-state index >= 15 is 0 Å². The standard InChI is InChI=1S/C29H29NO7/c1-5-37-22-8-6-7-18(15-22)17-30-26(19-9-12-21(34-2)13-10-19)25(28(32)29(30)33)27(31)20-11-14-23(35-3)24(16-20)36-4/h6-16,26,31H,5,17H2,1-4H3/b27-25-. The van der Waals surface area contributed by atoms with E-state index in [1.165, 1.54) is 19.1 Å². The number of carbonyl (C=O) groups excluding carboxylic acids is 2. The molecule has 192 valence electrons. The van der Waals surface area contributed by atoms with E-state index < -0.39 is 17.7 Å². The number of nitrogens with zero attached hydrogens (tertiary/aromatic N) is 1. The van der Waals surface area contributed by atoms with E-state index in [2.05, 4.69) is 0 Å². The van der Waals surface area contributed by atoms with Gasteiger partial charge in [0.2, 0.25) is 0 Å². The van der Waals surface area contributed by atoms with Gasteiger partial charge in [0.25, 0.3) is 11.7 Å². The molecule has 0 aliphatic carbocycles. The molecule has 1 fully saturated rings. The predicted molar refractivity (Wildman–Crippen MR) is 138 cm³/mol. The van der Waals surface area contributed by atoms with E-state index in [1.54, 1.807) is 49.6 Å². The lowest BCUT2D eigenvalue weighted by Gasteiger charge is -2.26. The van der Waals surface area contributed by atoms with Crippen LogP contribution in [0.2, 0.25) is 0 Å². The zero-order valence-electron chi connectivity index (χ0n) is 21.2. The lowest BCUT2D eigenvalue weighted by molar-refractivity contribution is -0.140. The molecule has 1 atom stereocenters. The van der Waals surface area contributed by atoms with Crippen LogP contribution in [0, 0.1) is 0 Å². The van der Waals surface area contributed by atoms with E-state index in [9.17, 15) is 14.7 Å². The first-order chi connectivity index (χ1) is 17.9. The van der Waals surface area contributed by atoms with Gasteiger partial charge in [0, 0.05) is 12.1 Å². The molecule has 0 aromatic heterocycles. The van der Waals surface area contributed by atoms with Gasteiger partial charge >= 0.3 is 0 Å².